The Labute approximate surface area is 122 Å². The van der Waals surface area contributed by atoms with E-state index in [0.717, 1.165) is 6.07 Å². The molecule has 0 aliphatic carbocycles. The molecule has 0 atom stereocenters. The lowest BCUT2D eigenvalue weighted by Gasteiger charge is -2.24. The van der Waals surface area contributed by atoms with Gasteiger partial charge in [0.25, 0.3) is 5.69 Å². The average Bonchev–Trinajstić information content (AvgIpc) is 2.42. The SMILES string of the molecule is CN(C)CCN(CC(=O)O)c1ccc(C#N)cc1[N+](=O)[O-]. The van der Waals surface area contributed by atoms with Gasteiger partial charge in [0.2, 0.25) is 0 Å². The maximum atomic E-state index is 11.1. The number of carboxylic acids is 1. The molecular formula is C13H16N4O4. The van der Waals surface area contributed by atoms with Gasteiger partial charge in [0.15, 0.2) is 0 Å². The van der Waals surface area contributed by atoms with Crippen LogP contribution in [0.2, 0.25) is 0 Å². The highest BCUT2D eigenvalue weighted by atomic mass is 16.6. The van der Waals surface area contributed by atoms with Crippen molar-refractivity contribution < 1.29 is 14.8 Å². The van der Waals surface area contributed by atoms with Gasteiger partial charge in [-0.05, 0) is 26.2 Å². The Bertz CT molecular complexity index is 580. The van der Waals surface area contributed by atoms with Gasteiger partial charge in [0.05, 0.1) is 16.6 Å². The molecule has 0 spiro atoms. The number of hydrogen-bond acceptors (Lipinski definition) is 6. The predicted octanol–water partition coefficient (Wildman–Crippen LogP) is 0.919. The molecule has 0 heterocycles. The molecule has 0 amide bonds. The molecular weight excluding hydrogens is 276 g/mol. The van der Waals surface area contributed by atoms with Crippen molar-refractivity contribution in [1.29, 1.82) is 5.26 Å². The Morgan fingerprint density at radius 2 is 2.10 bits per heavy atom. The van der Waals surface area contributed by atoms with Crippen LogP contribution in [0.3, 0.4) is 0 Å². The maximum absolute atomic E-state index is 11.1. The summed E-state index contributed by atoms with van der Waals surface area (Å²) < 4.78 is 0. The van der Waals surface area contributed by atoms with Gasteiger partial charge in [0, 0.05) is 19.2 Å². The van der Waals surface area contributed by atoms with E-state index < -0.39 is 10.9 Å². The van der Waals surface area contributed by atoms with Gasteiger partial charge in [-0.3, -0.25) is 14.9 Å². The Morgan fingerprint density at radius 3 is 2.57 bits per heavy atom. The first-order valence-electron chi connectivity index (χ1n) is 6.15. The lowest BCUT2D eigenvalue weighted by molar-refractivity contribution is -0.384. The van der Waals surface area contributed by atoms with E-state index in [0.29, 0.717) is 13.1 Å². The number of hydrogen-bond donors (Lipinski definition) is 1. The first-order chi connectivity index (χ1) is 9.85. The molecule has 0 aliphatic rings. The highest BCUT2D eigenvalue weighted by molar-refractivity contribution is 5.76. The fraction of sp³-hybridized carbons (Fsp3) is 0.385. The normalized spacial score (nSPS) is 10.2. The van der Waals surface area contributed by atoms with Crippen LogP contribution >= 0.6 is 0 Å². The summed E-state index contributed by atoms with van der Waals surface area (Å²) in [6.45, 7) is 0.525. The number of nitrogens with zero attached hydrogens (tertiary/aromatic N) is 4. The van der Waals surface area contributed by atoms with Gasteiger partial charge < -0.3 is 14.9 Å². The van der Waals surface area contributed by atoms with Crippen LogP contribution in [-0.2, 0) is 4.79 Å². The van der Waals surface area contributed by atoms with Crippen molar-refractivity contribution in [3.8, 4) is 6.07 Å². The summed E-state index contributed by atoms with van der Waals surface area (Å²) in [5.74, 6) is -1.08. The molecule has 0 aliphatic heterocycles. The fourth-order valence-electron chi connectivity index (χ4n) is 1.78. The number of aliphatic carboxylic acids is 1. The van der Waals surface area contributed by atoms with Crippen LogP contribution in [0.1, 0.15) is 5.56 Å². The number of nitriles is 1. The molecule has 8 heteroatoms. The zero-order valence-corrected chi connectivity index (χ0v) is 11.8. The molecule has 0 bridgehead atoms. The molecule has 0 saturated heterocycles. The molecule has 112 valence electrons. The van der Waals surface area contributed by atoms with Crippen LogP contribution < -0.4 is 4.90 Å². The van der Waals surface area contributed by atoms with Crippen molar-refractivity contribution in [2.24, 2.45) is 0 Å². The quantitative estimate of drug-likeness (QED) is 0.587. The maximum Gasteiger partial charge on any atom is 0.323 e. The minimum atomic E-state index is -1.08. The van der Waals surface area contributed by atoms with Crippen molar-refractivity contribution in [2.75, 3.05) is 38.6 Å². The van der Waals surface area contributed by atoms with Crippen LogP contribution in [0.4, 0.5) is 11.4 Å². The minimum absolute atomic E-state index is 0.160. The van der Waals surface area contributed by atoms with E-state index in [1.807, 2.05) is 25.1 Å². The molecule has 1 aromatic rings. The van der Waals surface area contributed by atoms with E-state index in [-0.39, 0.29) is 23.5 Å². The van der Waals surface area contributed by atoms with Crippen molar-refractivity contribution in [1.82, 2.24) is 4.90 Å². The summed E-state index contributed by atoms with van der Waals surface area (Å²) in [6.07, 6.45) is 0. The van der Waals surface area contributed by atoms with Crippen LogP contribution in [0, 0.1) is 21.4 Å². The molecule has 1 aromatic carbocycles. The lowest BCUT2D eigenvalue weighted by atomic mass is 10.1. The molecule has 1 N–H and O–H groups in total. The van der Waals surface area contributed by atoms with Gasteiger partial charge in [-0.15, -0.1) is 0 Å². The van der Waals surface area contributed by atoms with Crippen LogP contribution in [0.25, 0.3) is 0 Å². The van der Waals surface area contributed by atoms with Crippen LogP contribution in [-0.4, -0.2) is 54.6 Å². The first kappa shape index (κ1) is 16.4. The number of benzene rings is 1. The zero-order valence-electron chi connectivity index (χ0n) is 11.8. The molecule has 0 radical (unpaired) electrons. The Hall–Kier alpha value is -2.66. The Kier molecular flexibility index (Phi) is 5.63. The average molecular weight is 292 g/mol. The number of likely N-dealkylation sites (N-methyl/N-ethyl adjacent to an activating group) is 1. The van der Waals surface area contributed by atoms with Crippen molar-refractivity contribution >= 4 is 17.3 Å². The summed E-state index contributed by atoms with van der Waals surface area (Å²) in [4.78, 5) is 24.7. The van der Waals surface area contributed by atoms with Crippen LogP contribution in [0.15, 0.2) is 18.2 Å². The second-order valence-electron chi connectivity index (χ2n) is 4.69. The topological polar surface area (TPSA) is 111 Å². The van der Waals surface area contributed by atoms with Gasteiger partial charge in [-0.25, -0.2) is 0 Å². The summed E-state index contributed by atoms with van der Waals surface area (Å²) >= 11 is 0. The summed E-state index contributed by atoms with van der Waals surface area (Å²) in [6, 6.07) is 5.83. The number of carbonyl (C=O) groups is 1. The molecule has 0 aromatic heterocycles. The number of nitro groups is 1. The Morgan fingerprint density at radius 1 is 1.43 bits per heavy atom. The summed E-state index contributed by atoms with van der Waals surface area (Å²) in [5.41, 5.74) is 0.0886. The van der Waals surface area contributed by atoms with E-state index >= 15 is 0 Å². The van der Waals surface area contributed by atoms with Crippen molar-refractivity contribution in [2.45, 2.75) is 0 Å². The largest absolute Gasteiger partial charge is 0.480 e. The highest BCUT2D eigenvalue weighted by Gasteiger charge is 2.22. The van der Waals surface area contributed by atoms with Crippen molar-refractivity contribution in [3.05, 3.63) is 33.9 Å². The number of anilines is 1. The van der Waals surface area contributed by atoms with E-state index in [1.165, 1.54) is 17.0 Å². The van der Waals surface area contributed by atoms with Crippen molar-refractivity contribution in [3.63, 3.8) is 0 Å². The zero-order chi connectivity index (χ0) is 16.0. The van der Waals surface area contributed by atoms with E-state index in [2.05, 4.69) is 0 Å². The van der Waals surface area contributed by atoms with Crippen LogP contribution in [0.5, 0.6) is 0 Å². The molecule has 8 nitrogen and oxygen atoms in total. The van der Waals surface area contributed by atoms with Gasteiger partial charge in [0.1, 0.15) is 12.2 Å². The molecule has 0 saturated carbocycles. The predicted molar refractivity (Wildman–Crippen MR) is 76.2 cm³/mol. The molecule has 21 heavy (non-hydrogen) atoms. The fourth-order valence-corrected chi connectivity index (χ4v) is 1.78. The number of nitro benzene ring substituents is 1. The monoisotopic (exact) mass is 292 g/mol. The second kappa shape index (κ2) is 7.21. The lowest BCUT2D eigenvalue weighted by Crippen LogP contribution is -2.36. The van der Waals surface area contributed by atoms with E-state index in [9.17, 15) is 14.9 Å². The smallest absolute Gasteiger partial charge is 0.323 e. The van der Waals surface area contributed by atoms with Gasteiger partial charge >= 0.3 is 5.97 Å². The molecule has 0 unspecified atom stereocenters. The van der Waals surface area contributed by atoms with E-state index in [1.54, 1.807) is 0 Å². The molecule has 0 fully saturated rings. The van der Waals surface area contributed by atoms with E-state index in [4.69, 9.17) is 10.4 Å². The third-order valence-electron chi connectivity index (χ3n) is 2.79. The highest BCUT2D eigenvalue weighted by Crippen LogP contribution is 2.29. The summed E-state index contributed by atoms with van der Waals surface area (Å²) in [5, 5.41) is 28.9. The van der Waals surface area contributed by atoms with Gasteiger partial charge in [-0.2, -0.15) is 5.26 Å². The Balaban J connectivity index is 3.19. The molecule has 1 rings (SSSR count). The third kappa shape index (κ3) is 4.74. The standard InChI is InChI=1S/C13H16N4O4/c1-15(2)5-6-16(9-13(18)19)11-4-3-10(8-14)7-12(11)17(20)21/h3-4,7H,5-6,9H2,1-2H3,(H,18,19). The number of rotatable bonds is 7. The first-order valence-corrected chi connectivity index (χ1v) is 6.15. The second-order valence-corrected chi connectivity index (χ2v) is 4.69. The van der Waals surface area contributed by atoms with Gasteiger partial charge in [-0.1, -0.05) is 0 Å². The summed E-state index contributed by atoms with van der Waals surface area (Å²) in [7, 11) is 3.65. The minimum Gasteiger partial charge on any atom is -0.480 e. The number of carboxylic acid groups (broad SMARTS) is 1. The third-order valence-corrected chi connectivity index (χ3v) is 2.79.